The monoisotopic (exact) mass is 373 g/mol. The van der Waals surface area contributed by atoms with Crippen LogP contribution in [0.25, 0.3) is 0 Å². The minimum atomic E-state index is -0.334. The van der Waals surface area contributed by atoms with E-state index in [2.05, 4.69) is 0 Å². The summed E-state index contributed by atoms with van der Waals surface area (Å²) in [6.45, 7) is 2.86. The lowest BCUT2D eigenvalue weighted by Crippen LogP contribution is -2.37. The maximum absolute atomic E-state index is 13.6. The number of hydrogen-bond donors (Lipinski definition) is 0. The van der Waals surface area contributed by atoms with Crippen LogP contribution < -0.4 is 0 Å². The normalized spacial score (nSPS) is 14.8. The fraction of sp³-hybridized carbons (Fsp3) is 0.409. The Hall–Kier alpha value is -2.27. The summed E-state index contributed by atoms with van der Waals surface area (Å²) >= 11 is 0. The van der Waals surface area contributed by atoms with Crippen LogP contribution in [0.15, 0.2) is 48.5 Å². The molecular weight excluding hydrogens is 348 g/mol. The molecule has 1 fully saturated rings. The summed E-state index contributed by atoms with van der Waals surface area (Å²) in [4.78, 5) is 14.6. The average Bonchev–Trinajstić information content (AvgIpc) is 3.47. The molecule has 2 aromatic rings. The zero-order valence-electron chi connectivity index (χ0n) is 15.5. The SMILES string of the molecule is CCC(c1ccc(F)cc1)N(Cc1cccc(F)c1)C(=O)COCC1CC1. The summed E-state index contributed by atoms with van der Waals surface area (Å²) in [7, 11) is 0. The minimum Gasteiger partial charge on any atom is -0.371 e. The molecular formula is C22H25F2NO2. The molecule has 0 spiro atoms. The molecule has 27 heavy (non-hydrogen) atoms. The van der Waals surface area contributed by atoms with Crippen molar-refractivity contribution in [2.45, 2.75) is 38.8 Å². The van der Waals surface area contributed by atoms with Gasteiger partial charge >= 0.3 is 0 Å². The smallest absolute Gasteiger partial charge is 0.249 e. The standard InChI is InChI=1S/C22H25F2NO2/c1-2-21(18-8-10-19(23)11-9-18)25(13-17-4-3-5-20(24)12-17)22(26)15-27-14-16-6-7-16/h3-5,8-12,16,21H,2,6-7,13-15H2,1H3. The minimum absolute atomic E-state index is 0.00348. The molecule has 0 N–H and O–H groups in total. The van der Waals surface area contributed by atoms with Crippen LogP contribution >= 0.6 is 0 Å². The number of rotatable bonds is 9. The van der Waals surface area contributed by atoms with Crippen molar-refractivity contribution in [3.63, 3.8) is 0 Å². The van der Waals surface area contributed by atoms with Crippen LogP contribution in [0.3, 0.4) is 0 Å². The van der Waals surface area contributed by atoms with E-state index in [4.69, 9.17) is 4.74 Å². The van der Waals surface area contributed by atoms with Crippen LogP contribution in [-0.2, 0) is 16.1 Å². The molecule has 0 heterocycles. The van der Waals surface area contributed by atoms with Crippen molar-refractivity contribution >= 4 is 5.91 Å². The van der Waals surface area contributed by atoms with E-state index in [9.17, 15) is 13.6 Å². The van der Waals surface area contributed by atoms with Gasteiger partial charge < -0.3 is 9.64 Å². The number of nitrogens with zero attached hydrogens (tertiary/aromatic N) is 1. The summed E-state index contributed by atoms with van der Waals surface area (Å²) < 4.78 is 32.5. The first kappa shape index (κ1) is 19.5. The van der Waals surface area contributed by atoms with Crippen molar-refractivity contribution in [1.82, 2.24) is 4.90 Å². The van der Waals surface area contributed by atoms with E-state index < -0.39 is 0 Å². The Bertz CT molecular complexity index is 759. The predicted molar refractivity (Wildman–Crippen MR) is 99.9 cm³/mol. The van der Waals surface area contributed by atoms with Gasteiger partial charge in [-0.15, -0.1) is 0 Å². The number of carbonyl (C=O) groups excluding carboxylic acids is 1. The van der Waals surface area contributed by atoms with Gasteiger partial charge in [-0.1, -0.05) is 31.2 Å². The Morgan fingerprint density at radius 3 is 2.52 bits per heavy atom. The number of halogens is 2. The molecule has 1 aliphatic carbocycles. The van der Waals surface area contributed by atoms with Gasteiger partial charge in [0.25, 0.3) is 0 Å². The van der Waals surface area contributed by atoms with Gasteiger partial charge in [0.1, 0.15) is 18.2 Å². The van der Waals surface area contributed by atoms with Crippen molar-refractivity contribution in [2.75, 3.05) is 13.2 Å². The van der Waals surface area contributed by atoms with Crippen LogP contribution in [0.5, 0.6) is 0 Å². The lowest BCUT2D eigenvalue weighted by molar-refractivity contribution is -0.139. The summed E-state index contributed by atoms with van der Waals surface area (Å²) in [6.07, 6.45) is 2.98. The number of carbonyl (C=O) groups is 1. The molecule has 3 rings (SSSR count). The van der Waals surface area contributed by atoms with Crippen LogP contribution in [0.2, 0.25) is 0 Å². The summed E-state index contributed by atoms with van der Waals surface area (Å²) in [6, 6.07) is 12.2. The summed E-state index contributed by atoms with van der Waals surface area (Å²) in [5.41, 5.74) is 1.57. The van der Waals surface area contributed by atoms with Crippen molar-refractivity contribution in [1.29, 1.82) is 0 Å². The highest BCUT2D eigenvalue weighted by atomic mass is 19.1. The van der Waals surface area contributed by atoms with E-state index in [-0.39, 0.29) is 36.7 Å². The van der Waals surface area contributed by atoms with Gasteiger partial charge in [-0.05, 0) is 60.6 Å². The highest BCUT2D eigenvalue weighted by Crippen LogP contribution is 2.29. The lowest BCUT2D eigenvalue weighted by atomic mass is 10.0. The third-order valence-corrected chi connectivity index (χ3v) is 4.86. The average molecular weight is 373 g/mol. The molecule has 144 valence electrons. The number of benzene rings is 2. The van der Waals surface area contributed by atoms with E-state index >= 15 is 0 Å². The lowest BCUT2D eigenvalue weighted by Gasteiger charge is -2.32. The maximum Gasteiger partial charge on any atom is 0.249 e. The van der Waals surface area contributed by atoms with E-state index in [1.54, 1.807) is 29.2 Å². The molecule has 2 aromatic carbocycles. The third-order valence-electron chi connectivity index (χ3n) is 4.86. The molecule has 1 aliphatic rings. The van der Waals surface area contributed by atoms with Gasteiger partial charge in [0.2, 0.25) is 5.91 Å². The zero-order chi connectivity index (χ0) is 19.2. The van der Waals surface area contributed by atoms with Gasteiger partial charge in [-0.2, -0.15) is 0 Å². The quantitative estimate of drug-likeness (QED) is 0.627. The first-order chi connectivity index (χ1) is 13.1. The molecule has 0 radical (unpaired) electrons. The Labute approximate surface area is 158 Å². The first-order valence-corrected chi connectivity index (χ1v) is 9.44. The van der Waals surface area contributed by atoms with Crippen molar-refractivity contribution in [2.24, 2.45) is 5.92 Å². The molecule has 1 saturated carbocycles. The fourth-order valence-corrected chi connectivity index (χ4v) is 3.21. The molecule has 1 unspecified atom stereocenters. The molecule has 0 saturated heterocycles. The number of ether oxygens (including phenoxy) is 1. The highest BCUT2D eigenvalue weighted by molar-refractivity contribution is 5.78. The van der Waals surface area contributed by atoms with Crippen molar-refractivity contribution in [3.8, 4) is 0 Å². The second-order valence-electron chi connectivity index (χ2n) is 7.09. The van der Waals surface area contributed by atoms with E-state index in [0.717, 1.165) is 18.4 Å². The van der Waals surface area contributed by atoms with E-state index in [0.29, 0.717) is 24.5 Å². The molecule has 1 atom stereocenters. The second-order valence-corrected chi connectivity index (χ2v) is 7.09. The molecule has 5 heteroatoms. The largest absolute Gasteiger partial charge is 0.371 e. The Morgan fingerprint density at radius 1 is 1.15 bits per heavy atom. The first-order valence-electron chi connectivity index (χ1n) is 9.44. The van der Waals surface area contributed by atoms with Gasteiger partial charge in [0.05, 0.1) is 12.6 Å². The van der Waals surface area contributed by atoms with Crippen LogP contribution in [-0.4, -0.2) is 24.0 Å². The Morgan fingerprint density at radius 2 is 1.89 bits per heavy atom. The Kier molecular flexibility index (Phi) is 6.56. The predicted octanol–water partition coefficient (Wildman–Crippen LogP) is 4.87. The molecule has 3 nitrogen and oxygen atoms in total. The molecule has 0 aromatic heterocycles. The third kappa shape index (κ3) is 5.60. The van der Waals surface area contributed by atoms with Crippen molar-refractivity contribution < 1.29 is 18.3 Å². The van der Waals surface area contributed by atoms with E-state index in [1.165, 1.54) is 24.3 Å². The fourth-order valence-electron chi connectivity index (χ4n) is 3.21. The summed E-state index contributed by atoms with van der Waals surface area (Å²) in [5.74, 6) is -0.214. The summed E-state index contributed by atoms with van der Waals surface area (Å²) in [5, 5.41) is 0. The number of hydrogen-bond acceptors (Lipinski definition) is 2. The molecule has 0 bridgehead atoms. The maximum atomic E-state index is 13.6. The van der Waals surface area contributed by atoms with E-state index in [1.807, 2.05) is 6.92 Å². The second kappa shape index (κ2) is 9.09. The Balaban J connectivity index is 1.79. The van der Waals surface area contributed by atoms with Crippen molar-refractivity contribution in [3.05, 3.63) is 71.3 Å². The number of amides is 1. The zero-order valence-corrected chi connectivity index (χ0v) is 15.5. The van der Waals surface area contributed by atoms with Crippen LogP contribution in [0, 0.1) is 17.6 Å². The van der Waals surface area contributed by atoms with Gasteiger partial charge in [0, 0.05) is 6.54 Å². The van der Waals surface area contributed by atoms with Crippen LogP contribution in [0.1, 0.15) is 43.4 Å². The molecule has 1 amide bonds. The van der Waals surface area contributed by atoms with Gasteiger partial charge in [0.15, 0.2) is 0 Å². The highest BCUT2D eigenvalue weighted by Gasteiger charge is 2.26. The van der Waals surface area contributed by atoms with Crippen LogP contribution in [0.4, 0.5) is 8.78 Å². The molecule has 0 aliphatic heterocycles. The van der Waals surface area contributed by atoms with Gasteiger partial charge in [-0.3, -0.25) is 4.79 Å². The topological polar surface area (TPSA) is 29.5 Å². The van der Waals surface area contributed by atoms with Gasteiger partial charge in [-0.25, -0.2) is 8.78 Å².